The quantitative estimate of drug-likeness (QED) is 0.384. The van der Waals surface area contributed by atoms with Gasteiger partial charge in [0, 0.05) is 25.4 Å². The molecule has 190 valence electrons. The van der Waals surface area contributed by atoms with Crippen LogP contribution in [0.25, 0.3) is 10.2 Å². The highest BCUT2D eigenvalue weighted by atomic mass is 32.1. The Morgan fingerprint density at radius 3 is 2.63 bits per heavy atom. The first-order valence-corrected chi connectivity index (χ1v) is 13.6. The van der Waals surface area contributed by atoms with E-state index in [1.807, 2.05) is 13.0 Å². The van der Waals surface area contributed by atoms with Crippen molar-refractivity contribution in [2.45, 2.75) is 83.7 Å². The molecule has 3 N–H and O–H groups in total. The Kier molecular flexibility index (Phi) is 10.3. The predicted molar refractivity (Wildman–Crippen MR) is 141 cm³/mol. The number of aryl methyl sites for hydroxylation is 1. The molecule has 0 spiro atoms. The normalized spacial score (nSPS) is 15.8. The summed E-state index contributed by atoms with van der Waals surface area (Å²) in [5.41, 5.74) is 2.16. The third kappa shape index (κ3) is 7.88. The Morgan fingerprint density at radius 1 is 1.17 bits per heavy atom. The van der Waals surface area contributed by atoms with Crippen LogP contribution >= 0.6 is 11.3 Å². The van der Waals surface area contributed by atoms with Crippen molar-refractivity contribution in [3.63, 3.8) is 0 Å². The minimum Gasteiger partial charge on any atom is -0.351 e. The predicted octanol–water partition coefficient (Wildman–Crippen LogP) is 4.05. The zero-order valence-electron chi connectivity index (χ0n) is 20.9. The van der Waals surface area contributed by atoms with Crippen molar-refractivity contribution < 1.29 is 14.4 Å². The van der Waals surface area contributed by atoms with Gasteiger partial charge in [-0.2, -0.15) is 0 Å². The fourth-order valence-electron chi connectivity index (χ4n) is 4.64. The van der Waals surface area contributed by atoms with Crippen LogP contribution in [0.1, 0.15) is 69.4 Å². The zero-order chi connectivity index (χ0) is 25.2. The van der Waals surface area contributed by atoms with Crippen molar-refractivity contribution in [1.29, 1.82) is 0 Å². The van der Waals surface area contributed by atoms with Gasteiger partial charge < -0.3 is 16.0 Å². The van der Waals surface area contributed by atoms with E-state index in [2.05, 4.69) is 41.6 Å². The highest BCUT2D eigenvalue weighted by Gasteiger charge is 2.29. The summed E-state index contributed by atoms with van der Waals surface area (Å²) in [7, 11) is 0. The van der Waals surface area contributed by atoms with E-state index in [9.17, 15) is 14.4 Å². The van der Waals surface area contributed by atoms with Gasteiger partial charge in [0.05, 0.1) is 15.2 Å². The van der Waals surface area contributed by atoms with Crippen LogP contribution < -0.4 is 16.0 Å². The molecule has 8 heteroatoms. The van der Waals surface area contributed by atoms with Crippen molar-refractivity contribution in [2.75, 3.05) is 6.54 Å². The average molecular weight is 499 g/mol. The molecule has 1 aromatic carbocycles. The van der Waals surface area contributed by atoms with Crippen LogP contribution in [0.2, 0.25) is 0 Å². The number of thiazole rings is 1. The number of nitrogens with zero attached hydrogens (tertiary/aromatic N) is 1. The van der Waals surface area contributed by atoms with E-state index in [-0.39, 0.29) is 23.8 Å². The molecular formula is C27H38N4O3S. The van der Waals surface area contributed by atoms with Crippen molar-refractivity contribution in [1.82, 2.24) is 20.9 Å². The smallest absolute Gasteiger partial charge is 0.243 e. The Bertz CT molecular complexity index is 1030. The van der Waals surface area contributed by atoms with Crippen LogP contribution in [0.5, 0.6) is 0 Å². The van der Waals surface area contributed by atoms with Gasteiger partial charge in [0.15, 0.2) is 0 Å². The van der Waals surface area contributed by atoms with Crippen molar-refractivity contribution in [3.05, 3.63) is 41.4 Å². The standard InChI is InChI=1S/C27H38N4O3S/c1-4-10-25(33)29-21(16-26-30-20-14-13-18(5-2)15-23(20)35-26)27(34)31-22(17-28-24(32)6-3)19-11-8-7-9-12-19/h6,13-15,19,21-22H,3-5,7-12,16-17H2,1-2H3,(H,28,32)(H,29,33)(H,31,34)/t21-,22?/m0/s1. The lowest BCUT2D eigenvalue weighted by molar-refractivity contribution is -0.129. The molecule has 0 aliphatic heterocycles. The maximum absolute atomic E-state index is 13.5. The summed E-state index contributed by atoms with van der Waals surface area (Å²) < 4.78 is 1.09. The molecule has 1 fully saturated rings. The molecule has 1 heterocycles. The minimum atomic E-state index is -0.721. The lowest BCUT2D eigenvalue weighted by Gasteiger charge is -2.32. The largest absolute Gasteiger partial charge is 0.351 e. The number of carbonyl (C=O) groups excluding carboxylic acids is 3. The monoisotopic (exact) mass is 498 g/mol. The van der Waals surface area contributed by atoms with Gasteiger partial charge in [-0.25, -0.2) is 4.98 Å². The fraction of sp³-hybridized carbons (Fsp3) is 0.556. The van der Waals surface area contributed by atoms with E-state index in [0.29, 0.717) is 31.7 Å². The zero-order valence-corrected chi connectivity index (χ0v) is 21.7. The first kappa shape index (κ1) is 26.9. The third-order valence-electron chi connectivity index (χ3n) is 6.64. The summed E-state index contributed by atoms with van der Waals surface area (Å²) in [6.45, 7) is 7.92. The van der Waals surface area contributed by atoms with E-state index in [1.54, 1.807) is 11.3 Å². The number of hydrogen-bond donors (Lipinski definition) is 3. The number of amides is 3. The number of nitrogens with one attached hydrogen (secondary N) is 3. The second-order valence-corrected chi connectivity index (χ2v) is 10.4. The van der Waals surface area contributed by atoms with E-state index in [4.69, 9.17) is 4.98 Å². The Labute approximate surface area is 212 Å². The van der Waals surface area contributed by atoms with Crippen molar-refractivity contribution in [2.24, 2.45) is 5.92 Å². The number of hydrogen-bond acceptors (Lipinski definition) is 5. The molecule has 2 atom stereocenters. The van der Waals surface area contributed by atoms with Gasteiger partial charge >= 0.3 is 0 Å². The first-order chi connectivity index (χ1) is 16.9. The molecule has 35 heavy (non-hydrogen) atoms. The number of carbonyl (C=O) groups is 3. The average Bonchev–Trinajstić information content (AvgIpc) is 3.27. The summed E-state index contributed by atoms with van der Waals surface area (Å²) in [5.74, 6) is -0.337. The summed E-state index contributed by atoms with van der Waals surface area (Å²) in [6, 6.07) is 5.31. The van der Waals surface area contributed by atoms with Crippen molar-refractivity contribution in [3.8, 4) is 0 Å². The maximum atomic E-state index is 13.5. The van der Waals surface area contributed by atoms with Gasteiger partial charge in [-0.3, -0.25) is 14.4 Å². The van der Waals surface area contributed by atoms with E-state index >= 15 is 0 Å². The molecule has 1 unspecified atom stereocenters. The van der Waals surface area contributed by atoms with Gasteiger partial charge in [-0.05, 0) is 55.4 Å². The van der Waals surface area contributed by atoms with Gasteiger partial charge in [-0.15, -0.1) is 11.3 Å². The number of fused-ring (bicyclic) bond motifs is 1. The molecular weight excluding hydrogens is 460 g/mol. The summed E-state index contributed by atoms with van der Waals surface area (Å²) >= 11 is 1.57. The maximum Gasteiger partial charge on any atom is 0.243 e. The highest BCUT2D eigenvalue weighted by Crippen LogP contribution is 2.27. The lowest BCUT2D eigenvalue weighted by Crippen LogP contribution is -2.55. The van der Waals surface area contributed by atoms with Crippen LogP contribution in [0.3, 0.4) is 0 Å². The third-order valence-corrected chi connectivity index (χ3v) is 7.68. The second kappa shape index (κ2) is 13.4. The molecule has 1 saturated carbocycles. The molecule has 1 aliphatic carbocycles. The van der Waals surface area contributed by atoms with Gasteiger partial charge in [0.2, 0.25) is 17.7 Å². The summed E-state index contributed by atoms with van der Waals surface area (Å²) in [6.07, 6.45) is 9.06. The van der Waals surface area contributed by atoms with Crippen molar-refractivity contribution >= 4 is 39.3 Å². The van der Waals surface area contributed by atoms with Crippen LogP contribution in [-0.4, -0.2) is 41.3 Å². The van der Waals surface area contributed by atoms with Crippen LogP contribution in [0.4, 0.5) is 0 Å². The molecule has 3 rings (SSSR count). The first-order valence-electron chi connectivity index (χ1n) is 12.8. The second-order valence-electron chi connectivity index (χ2n) is 9.30. The number of rotatable bonds is 12. The van der Waals surface area contributed by atoms with Crippen LogP contribution in [-0.2, 0) is 27.2 Å². The SMILES string of the molecule is C=CC(=O)NCC(NC(=O)[C@H](Cc1nc2ccc(CC)cc2s1)NC(=O)CCC)C1CCCCC1. The Hall–Kier alpha value is -2.74. The molecule has 2 aromatic rings. The van der Waals surface area contributed by atoms with Gasteiger partial charge in [0.1, 0.15) is 6.04 Å². The highest BCUT2D eigenvalue weighted by molar-refractivity contribution is 7.18. The van der Waals surface area contributed by atoms with Crippen LogP contribution in [0, 0.1) is 5.92 Å². The molecule has 3 amide bonds. The molecule has 0 saturated heterocycles. The molecule has 1 aliphatic rings. The fourth-order valence-corrected chi connectivity index (χ4v) is 5.72. The molecule has 7 nitrogen and oxygen atoms in total. The summed E-state index contributed by atoms with van der Waals surface area (Å²) in [4.78, 5) is 42.5. The molecule has 1 aromatic heterocycles. The van der Waals surface area contributed by atoms with E-state index in [0.717, 1.165) is 47.3 Å². The molecule has 0 bridgehead atoms. The van der Waals surface area contributed by atoms with Crippen LogP contribution in [0.15, 0.2) is 30.9 Å². The Morgan fingerprint density at radius 2 is 1.94 bits per heavy atom. The topological polar surface area (TPSA) is 100 Å². The molecule has 0 radical (unpaired) electrons. The van der Waals surface area contributed by atoms with E-state index in [1.165, 1.54) is 18.1 Å². The van der Waals surface area contributed by atoms with Gasteiger partial charge in [0.25, 0.3) is 0 Å². The summed E-state index contributed by atoms with van der Waals surface area (Å²) in [5, 5.41) is 9.75. The Balaban J connectivity index is 1.78. The minimum absolute atomic E-state index is 0.142. The van der Waals surface area contributed by atoms with E-state index < -0.39 is 6.04 Å². The van der Waals surface area contributed by atoms with Gasteiger partial charge in [-0.1, -0.05) is 45.8 Å². The number of benzene rings is 1. The number of aromatic nitrogens is 1. The lowest BCUT2D eigenvalue weighted by atomic mass is 9.83.